The number of ether oxygens (including phenoxy) is 1. The number of alkyl halides is 3. The second kappa shape index (κ2) is 3.59. The molecule has 12 heavy (non-hydrogen) atoms. The van der Waals surface area contributed by atoms with Gasteiger partial charge in [0, 0.05) is 0 Å². The molecule has 0 amide bonds. The summed E-state index contributed by atoms with van der Waals surface area (Å²) >= 11 is 0. The van der Waals surface area contributed by atoms with Gasteiger partial charge in [0.1, 0.15) is 6.10 Å². The Labute approximate surface area is 66.8 Å². The minimum absolute atomic E-state index is 0.786. The fourth-order valence-electron chi connectivity index (χ4n) is 1.01. The van der Waals surface area contributed by atoms with Gasteiger partial charge < -0.3 is 14.9 Å². The van der Waals surface area contributed by atoms with Gasteiger partial charge in [-0.2, -0.15) is 0 Å². The summed E-state index contributed by atoms with van der Waals surface area (Å²) in [5.74, 6) is 0. The number of aliphatic hydroxyl groups is 2. The third-order valence-corrected chi connectivity index (χ3v) is 1.73. The Morgan fingerprint density at radius 1 is 1.08 bits per heavy atom. The van der Waals surface area contributed by atoms with Crippen LogP contribution < -0.4 is 0 Å². The Balaban J connectivity index is 2.63. The lowest BCUT2D eigenvalue weighted by atomic mass is 10.0. The zero-order valence-electron chi connectivity index (χ0n) is 6.03. The Bertz CT molecular complexity index is 152. The van der Waals surface area contributed by atoms with Crippen molar-refractivity contribution in [2.75, 3.05) is 6.61 Å². The SMILES string of the molecule is OC[C@H]1O[C@@H](O)[C@H](F)[C@@H](F)[C@@H]1F. The molecule has 1 rings (SSSR count). The van der Waals surface area contributed by atoms with E-state index in [2.05, 4.69) is 4.74 Å². The van der Waals surface area contributed by atoms with Gasteiger partial charge in [-0.15, -0.1) is 0 Å². The molecule has 1 saturated heterocycles. The van der Waals surface area contributed by atoms with E-state index in [-0.39, 0.29) is 0 Å². The fraction of sp³-hybridized carbons (Fsp3) is 1.00. The summed E-state index contributed by atoms with van der Waals surface area (Å²) < 4.78 is 41.9. The van der Waals surface area contributed by atoms with Crippen molar-refractivity contribution in [1.82, 2.24) is 0 Å². The van der Waals surface area contributed by atoms with Crippen LogP contribution in [-0.2, 0) is 4.74 Å². The minimum Gasteiger partial charge on any atom is -0.394 e. The summed E-state index contributed by atoms with van der Waals surface area (Å²) in [6, 6.07) is 0. The highest BCUT2D eigenvalue weighted by Crippen LogP contribution is 2.26. The summed E-state index contributed by atoms with van der Waals surface area (Å²) in [6.07, 6.45) is -10.5. The van der Waals surface area contributed by atoms with Crippen molar-refractivity contribution in [3.63, 3.8) is 0 Å². The smallest absolute Gasteiger partial charge is 0.189 e. The molecule has 3 nitrogen and oxygen atoms in total. The van der Waals surface area contributed by atoms with Crippen molar-refractivity contribution >= 4 is 0 Å². The molecule has 1 heterocycles. The van der Waals surface area contributed by atoms with Crippen molar-refractivity contribution < 1.29 is 28.1 Å². The normalized spacial score (nSPS) is 49.2. The maximum atomic E-state index is 12.7. The van der Waals surface area contributed by atoms with E-state index in [4.69, 9.17) is 10.2 Å². The molecule has 1 aliphatic rings. The largest absolute Gasteiger partial charge is 0.394 e. The first-order valence-corrected chi connectivity index (χ1v) is 3.44. The second-order valence-corrected chi connectivity index (χ2v) is 2.58. The summed E-state index contributed by atoms with van der Waals surface area (Å²) in [4.78, 5) is 0. The maximum absolute atomic E-state index is 12.7. The molecule has 2 N–H and O–H groups in total. The van der Waals surface area contributed by atoms with Crippen LogP contribution in [0.25, 0.3) is 0 Å². The third-order valence-electron chi connectivity index (χ3n) is 1.73. The van der Waals surface area contributed by atoms with E-state index in [1.165, 1.54) is 0 Å². The van der Waals surface area contributed by atoms with E-state index in [0.717, 1.165) is 0 Å². The molecule has 0 radical (unpaired) electrons. The Morgan fingerprint density at radius 3 is 2.17 bits per heavy atom. The van der Waals surface area contributed by atoms with Crippen molar-refractivity contribution in [2.45, 2.75) is 30.9 Å². The number of hydrogen-bond donors (Lipinski definition) is 2. The van der Waals surface area contributed by atoms with E-state index in [1.54, 1.807) is 0 Å². The van der Waals surface area contributed by atoms with E-state index in [0.29, 0.717) is 0 Å². The Morgan fingerprint density at radius 2 is 1.67 bits per heavy atom. The molecule has 0 aromatic heterocycles. The molecule has 0 saturated carbocycles. The van der Waals surface area contributed by atoms with Crippen molar-refractivity contribution in [3.05, 3.63) is 0 Å². The van der Waals surface area contributed by atoms with Crippen LogP contribution in [0.1, 0.15) is 0 Å². The lowest BCUT2D eigenvalue weighted by Gasteiger charge is -2.33. The predicted molar refractivity (Wildman–Crippen MR) is 32.7 cm³/mol. The van der Waals surface area contributed by atoms with Crippen LogP contribution in [0.4, 0.5) is 13.2 Å². The van der Waals surface area contributed by atoms with E-state index >= 15 is 0 Å². The van der Waals surface area contributed by atoms with Gasteiger partial charge in [0.25, 0.3) is 0 Å². The predicted octanol–water partition coefficient (Wildman–Crippen LogP) is -0.290. The highest BCUT2D eigenvalue weighted by molar-refractivity contribution is 4.89. The van der Waals surface area contributed by atoms with Crippen LogP contribution >= 0.6 is 0 Å². The highest BCUT2D eigenvalue weighted by Gasteiger charge is 2.46. The van der Waals surface area contributed by atoms with Gasteiger partial charge in [0.15, 0.2) is 24.8 Å². The average molecular weight is 186 g/mol. The zero-order chi connectivity index (χ0) is 9.30. The van der Waals surface area contributed by atoms with E-state index in [9.17, 15) is 13.2 Å². The number of halogens is 3. The lowest BCUT2D eigenvalue weighted by Crippen LogP contribution is -2.53. The quantitative estimate of drug-likeness (QED) is 0.591. The van der Waals surface area contributed by atoms with Crippen LogP contribution in [0.2, 0.25) is 0 Å². The first kappa shape index (κ1) is 9.76. The zero-order valence-corrected chi connectivity index (χ0v) is 6.03. The molecule has 72 valence electrons. The van der Waals surface area contributed by atoms with Crippen LogP contribution in [0.5, 0.6) is 0 Å². The molecular weight excluding hydrogens is 177 g/mol. The average Bonchev–Trinajstić information content (AvgIpc) is 2.08. The topological polar surface area (TPSA) is 49.7 Å². The standard InChI is InChI=1S/C6H9F3O3/c7-3-2(1-10)12-6(11)5(9)4(3)8/h2-6,10-11H,1H2/t2-,3-,4+,5-,6-/m1/s1. The van der Waals surface area contributed by atoms with Gasteiger partial charge in [-0.05, 0) is 0 Å². The third kappa shape index (κ3) is 1.55. The first-order valence-electron chi connectivity index (χ1n) is 3.44. The molecule has 6 heteroatoms. The van der Waals surface area contributed by atoms with Crippen molar-refractivity contribution in [3.8, 4) is 0 Å². The Hall–Kier alpha value is -0.330. The highest BCUT2D eigenvalue weighted by atomic mass is 19.2. The van der Waals surface area contributed by atoms with Crippen LogP contribution in [0, 0.1) is 0 Å². The number of aliphatic hydroxyl groups excluding tert-OH is 2. The van der Waals surface area contributed by atoms with Crippen molar-refractivity contribution in [2.24, 2.45) is 0 Å². The summed E-state index contributed by atoms with van der Waals surface area (Å²) in [7, 11) is 0. The lowest BCUT2D eigenvalue weighted by molar-refractivity contribution is -0.246. The first-order chi connectivity index (χ1) is 5.57. The van der Waals surface area contributed by atoms with Gasteiger partial charge in [0.2, 0.25) is 0 Å². The Kier molecular flexibility index (Phi) is 2.92. The van der Waals surface area contributed by atoms with E-state index < -0.39 is 37.5 Å². The number of rotatable bonds is 1. The van der Waals surface area contributed by atoms with Crippen LogP contribution in [-0.4, -0.2) is 47.7 Å². The van der Waals surface area contributed by atoms with Crippen LogP contribution in [0.3, 0.4) is 0 Å². The van der Waals surface area contributed by atoms with Gasteiger partial charge in [0.05, 0.1) is 6.61 Å². The monoisotopic (exact) mass is 186 g/mol. The second-order valence-electron chi connectivity index (χ2n) is 2.58. The molecular formula is C6H9F3O3. The molecule has 1 fully saturated rings. The summed E-state index contributed by atoms with van der Waals surface area (Å²) in [5.41, 5.74) is 0. The maximum Gasteiger partial charge on any atom is 0.189 e. The molecule has 0 aliphatic carbocycles. The van der Waals surface area contributed by atoms with Gasteiger partial charge in [-0.1, -0.05) is 0 Å². The van der Waals surface area contributed by atoms with Crippen molar-refractivity contribution in [1.29, 1.82) is 0 Å². The fourth-order valence-corrected chi connectivity index (χ4v) is 1.01. The molecule has 5 atom stereocenters. The van der Waals surface area contributed by atoms with Gasteiger partial charge >= 0.3 is 0 Å². The molecule has 0 spiro atoms. The molecule has 1 aliphatic heterocycles. The molecule has 0 bridgehead atoms. The molecule has 0 aromatic rings. The van der Waals surface area contributed by atoms with E-state index in [1.807, 2.05) is 0 Å². The van der Waals surface area contributed by atoms with Crippen LogP contribution in [0.15, 0.2) is 0 Å². The number of hydrogen-bond acceptors (Lipinski definition) is 3. The van der Waals surface area contributed by atoms with Gasteiger partial charge in [-0.25, -0.2) is 13.2 Å². The van der Waals surface area contributed by atoms with Gasteiger partial charge in [-0.3, -0.25) is 0 Å². The molecule has 0 aromatic carbocycles. The summed E-state index contributed by atoms with van der Waals surface area (Å²) in [6.45, 7) is -0.786. The summed E-state index contributed by atoms with van der Waals surface area (Å²) in [5, 5.41) is 17.1. The minimum atomic E-state index is -2.44. The molecule has 0 unspecified atom stereocenters.